The Balaban J connectivity index is 1.63. The van der Waals surface area contributed by atoms with Crippen molar-refractivity contribution in [2.24, 2.45) is 10.4 Å². The molecule has 1 saturated carbocycles. The predicted molar refractivity (Wildman–Crippen MR) is 106 cm³/mol. The van der Waals surface area contributed by atoms with Gasteiger partial charge in [-0.25, -0.2) is 0 Å². The highest BCUT2D eigenvalue weighted by Crippen LogP contribution is 2.44. The lowest BCUT2D eigenvalue weighted by atomic mass is 9.64. The van der Waals surface area contributed by atoms with Crippen LogP contribution in [0.1, 0.15) is 43.2 Å². The summed E-state index contributed by atoms with van der Waals surface area (Å²) in [4.78, 5) is 4.26. The first kappa shape index (κ1) is 21.9. The second-order valence-electron chi connectivity index (χ2n) is 8.27. The fourth-order valence-corrected chi connectivity index (χ4v) is 4.25. The molecule has 0 aromatic heterocycles. The summed E-state index contributed by atoms with van der Waals surface area (Å²) in [5.41, 5.74) is -0.293. The van der Waals surface area contributed by atoms with E-state index >= 15 is 0 Å². The number of hydrogen-bond acceptors (Lipinski definition) is 3. The van der Waals surface area contributed by atoms with Crippen molar-refractivity contribution in [2.45, 2.75) is 43.7 Å². The molecule has 1 aliphatic heterocycles. The Kier molecular flexibility index (Phi) is 6.73. The van der Waals surface area contributed by atoms with Gasteiger partial charge in [0.15, 0.2) is 5.96 Å². The quantitative estimate of drug-likeness (QED) is 0.475. The van der Waals surface area contributed by atoms with Crippen LogP contribution in [0.3, 0.4) is 0 Å². The van der Waals surface area contributed by atoms with Crippen LogP contribution in [0.5, 0.6) is 0 Å². The van der Waals surface area contributed by atoms with Crippen LogP contribution in [0.15, 0.2) is 29.3 Å². The molecule has 1 atom stereocenters. The number of hydrogen-bond donors (Lipinski definition) is 3. The Hall–Kier alpha value is -1.80. The highest BCUT2D eigenvalue weighted by molar-refractivity contribution is 5.79. The first-order chi connectivity index (χ1) is 13.8. The van der Waals surface area contributed by atoms with Gasteiger partial charge in [0.1, 0.15) is 0 Å². The predicted octanol–water partition coefficient (Wildman–Crippen LogP) is 3.08. The highest BCUT2D eigenvalue weighted by atomic mass is 19.4. The Bertz CT molecular complexity index is 711. The standard InChI is InChI=1S/C21H30F3N3O2/c1-25-18(26-13-19(8-10-28)9-11-29-15-19)27-14-20(6-3-7-20)16-4-2-5-17(12-16)21(22,23)24/h2,4-5,12,28H,3,6-11,13-15H2,1H3,(H2,25,26,27). The van der Waals surface area contributed by atoms with E-state index in [-0.39, 0.29) is 17.4 Å². The molecule has 0 bridgehead atoms. The summed E-state index contributed by atoms with van der Waals surface area (Å²) in [5.74, 6) is 0.618. The molecule has 162 valence electrons. The molecule has 1 aromatic carbocycles. The maximum Gasteiger partial charge on any atom is 0.416 e. The molecule has 1 saturated heterocycles. The number of benzene rings is 1. The summed E-state index contributed by atoms with van der Waals surface area (Å²) in [6, 6.07) is 5.68. The minimum Gasteiger partial charge on any atom is -0.396 e. The van der Waals surface area contributed by atoms with E-state index < -0.39 is 11.7 Å². The lowest BCUT2D eigenvalue weighted by Gasteiger charge is -2.43. The van der Waals surface area contributed by atoms with Crippen LogP contribution in [0.25, 0.3) is 0 Å². The normalized spacial score (nSPS) is 24.2. The van der Waals surface area contributed by atoms with Crippen LogP contribution in [0.4, 0.5) is 13.2 Å². The van der Waals surface area contributed by atoms with Crippen molar-refractivity contribution in [1.29, 1.82) is 0 Å². The zero-order valence-corrected chi connectivity index (χ0v) is 16.8. The van der Waals surface area contributed by atoms with E-state index in [0.717, 1.165) is 37.3 Å². The molecule has 3 N–H and O–H groups in total. The summed E-state index contributed by atoms with van der Waals surface area (Å²) < 4.78 is 44.9. The third-order valence-electron chi connectivity index (χ3n) is 6.39. The fourth-order valence-electron chi connectivity index (χ4n) is 4.25. The van der Waals surface area contributed by atoms with Gasteiger partial charge in [-0.1, -0.05) is 24.6 Å². The smallest absolute Gasteiger partial charge is 0.396 e. The van der Waals surface area contributed by atoms with Gasteiger partial charge in [-0.15, -0.1) is 0 Å². The molecule has 0 spiro atoms. The zero-order chi connectivity index (χ0) is 21.0. The van der Waals surface area contributed by atoms with Gasteiger partial charge in [0.25, 0.3) is 0 Å². The van der Waals surface area contributed by atoms with Gasteiger partial charge in [-0.2, -0.15) is 13.2 Å². The van der Waals surface area contributed by atoms with E-state index in [9.17, 15) is 18.3 Å². The van der Waals surface area contributed by atoms with Crippen molar-refractivity contribution in [2.75, 3.05) is 40.0 Å². The fraction of sp³-hybridized carbons (Fsp3) is 0.667. The molecular formula is C21H30F3N3O2. The van der Waals surface area contributed by atoms with Gasteiger partial charge >= 0.3 is 6.18 Å². The number of ether oxygens (including phenoxy) is 1. The van der Waals surface area contributed by atoms with Crippen LogP contribution in [0, 0.1) is 5.41 Å². The van der Waals surface area contributed by atoms with E-state index in [1.54, 1.807) is 13.1 Å². The minimum absolute atomic E-state index is 0.107. The molecule has 8 heteroatoms. The molecule has 2 fully saturated rings. The number of aliphatic imine (C=N–C) groups is 1. The molecule has 1 unspecified atom stereocenters. The largest absolute Gasteiger partial charge is 0.416 e. The number of halogens is 3. The van der Waals surface area contributed by atoms with Crippen molar-refractivity contribution in [3.05, 3.63) is 35.4 Å². The average Bonchev–Trinajstić information content (AvgIpc) is 3.12. The van der Waals surface area contributed by atoms with Crippen molar-refractivity contribution in [1.82, 2.24) is 10.6 Å². The van der Waals surface area contributed by atoms with E-state index in [1.165, 1.54) is 12.1 Å². The van der Waals surface area contributed by atoms with E-state index in [1.807, 2.05) is 0 Å². The van der Waals surface area contributed by atoms with Crippen LogP contribution >= 0.6 is 0 Å². The molecule has 1 heterocycles. The summed E-state index contributed by atoms with van der Waals surface area (Å²) in [7, 11) is 1.68. The van der Waals surface area contributed by atoms with E-state index in [4.69, 9.17) is 4.74 Å². The molecule has 5 nitrogen and oxygen atoms in total. The number of aliphatic hydroxyl groups is 1. The summed E-state index contributed by atoms with van der Waals surface area (Å²) in [6.07, 6.45) is -0.102. The zero-order valence-electron chi connectivity index (χ0n) is 16.8. The SMILES string of the molecule is CN=C(NCC1(CCO)CCOC1)NCC1(c2cccc(C(F)(F)F)c2)CCC1. The molecule has 1 aromatic rings. The number of alkyl halides is 3. The molecule has 1 aliphatic carbocycles. The van der Waals surface area contributed by atoms with Gasteiger partial charge < -0.3 is 20.5 Å². The molecule has 2 aliphatic rings. The number of aliphatic hydroxyl groups excluding tert-OH is 1. The van der Waals surface area contributed by atoms with Gasteiger partial charge in [0.2, 0.25) is 0 Å². The monoisotopic (exact) mass is 413 g/mol. The topological polar surface area (TPSA) is 65.9 Å². The molecule has 0 amide bonds. The molecular weight excluding hydrogens is 383 g/mol. The third kappa shape index (κ3) is 5.04. The Labute approximate surface area is 169 Å². The molecule has 3 rings (SSSR count). The van der Waals surface area contributed by atoms with Crippen molar-refractivity contribution < 1.29 is 23.0 Å². The van der Waals surface area contributed by atoms with Crippen molar-refractivity contribution in [3.63, 3.8) is 0 Å². The van der Waals surface area contributed by atoms with Crippen molar-refractivity contribution >= 4 is 5.96 Å². The van der Waals surface area contributed by atoms with Gasteiger partial charge in [0.05, 0.1) is 12.2 Å². The van der Waals surface area contributed by atoms with Gasteiger partial charge in [-0.3, -0.25) is 4.99 Å². The lowest BCUT2D eigenvalue weighted by molar-refractivity contribution is -0.137. The Morgan fingerprint density at radius 3 is 2.52 bits per heavy atom. The third-order valence-corrected chi connectivity index (χ3v) is 6.39. The van der Waals surface area contributed by atoms with Crippen LogP contribution in [0.2, 0.25) is 0 Å². The number of rotatable bonds is 7. The van der Waals surface area contributed by atoms with Crippen LogP contribution < -0.4 is 10.6 Å². The van der Waals surface area contributed by atoms with Gasteiger partial charge in [0, 0.05) is 44.2 Å². The first-order valence-corrected chi connectivity index (χ1v) is 10.1. The second-order valence-corrected chi connectivity index (χ2v) is 8.27. The maximum absolute atomic E-state index is 13.1. The summed E-state index contributed by atoms with van der Waals surface area (Å²) in [6.45, 7) is 2.55. The van der Waals surface area contributed by atoms with E-state index in [0.29, 0.717) is 38.7 Å². The van der Waals surface area contributed by atoms with Crippen LogP contribution in [-0.2, 0) is 16.3 Å². The van der Waals surface area contributed by atoms with Crippen molar-refractivity contribution in [3.8, 4) is 0 Å². The summed E-state index contributed by atoms with van der Waals surface area (Å²) >= 11 is 0. The number of nitrogens with one attached hydrogen (secondary N) is 2. The first-order valence-electron chi connectivity index (χ1n) is 10.1. The minimum atomic E-state index is -4.34. The Morgan fingerprint density at radius 1 is 1.21 bits per heavy atom. The Morgan fingerprint density at radius 2 is 1.97 bits per heavy atom. The number of guanidine groups is 1. The van der Waals surface area contributed by atoms with Gasteiger partial charge in [-0.05, 0) is 37.3 Å². The lowest BCUT2D eigenvalue weighted by Crippen LogP contribution is -2.50. The highest BCUT2D eigenvalue weighted by Gasteiger charge is 2.41. The summed E-state index contributed by atoms with van der Waals surface area (Å²) in [5, 5.41) is 16.0. The average molecular weight is 413 g/mol. The molecule has 29 heavy (non-hydrogen) atoms. The second kappa shape index (κ2) is 8.92. The number of nitrogens with zero attached hydrogens (tertiary/aromatic N) is 1. The maximum atomic E-state index is 13.1. The molecule has 0 radical (unpaired) electrons. The van der Waals surface area contributed by atoms with E-state index in [2.05, 4.69) is 15.6 Å². The van der Waals surface area contributed by atoms with Crippen LogP contribution in [-0.4, -0.2) is 51.0 Å².